The first-order valence-corrected chi connectivity index (χ1v) is 12.8. The van der Waals surface area contributed by atoms with Crippen LogP contribution in [0.1, 0.15) is 67.4 Å². The Morgan fingerprint density at radius 1 is 1.00 bits per heavy atom. The van der Waals surface area contributed by atoms with Gasteiger partial charge in [-0.1, -0.05) is 38.0 Å². The van der Waals surface area contributed by atoms with Gasteiger partial charge in [0.25, 0.3) is 0 Å². The summed E-state index contributed by atoms with van der Waals surface area (Å²) in [7, 11) is 0. The van der Waals surface area contributed by atoms with Gasteiger partial charge in [-0.15, -0.1) is 0 Å². The molecule has 3 aromatic rings. The van der Waals surface area contributed by atoms with Crippen molar-refractivity contribution in [3.63, 3.8) is 0 Å². The summed E-state index contributed by atoms with van der Waals surface area (Å²) in [4.78, 5) is 12.7. The second-order valence-corrected chi connectivity index (χ2v) is 9.33. The Hall–Kier alpha value is -4.44. The Labute approximate surface area is 223 Å². The largest absolute Gasteiger partial charge is 0.494 e. The standard InChI is InChI=1S/C31H32N2O5/c1-4-5-6-17-35-23-11-7-21(8-12-23)29-26-16-15-25(18-28(26)38-30(33)27(29)19-32)37-31(34)22-9-13-24(14-10-22)36-20(2)3/h7-16,18,20,29H,4-6,17,33H2,1-3H3. The van der Waals surface area contributed by atoms with Gasteiger partial charge in [0.15, 0.2) is 0 Å². The third-order valence-corrected chi connectivity index (χ3v) is 6.09. The van der Waals surface area contributed by atoms with Crippen molar-refractivity contribution in [2.24, 2.45) is 5.73 Å². The van der Waals surface area contributed by atoms with Gasteiger partial charge in [-0.05, 0) is 68.3 Å². The third kappa shape index (κ3) is 6.27. The number of allylic oxidation sites excluding steroid dienone is 1. The third-order valence-electron chi connectivity index (χ3n) is 6.09. The number of nitrogens with zero attached hydrogens (tertiary/aromatic N) is 1. The minimum absolute atomic E-state index is 0.0223. The van der Waals surface area contributed by atoms with Gasteiger partial charge in [0.1, 0.15) is 34.6 Å². The number of fused-ring (bicyclic) bond motifs is 1. The van der Waals surface area contributed by atoms with Crippen molar-refractivity contribution in [3.05, 3.63) is 94.9 Å². The molecule has 1 aliphatic heterocycles. The zero-order valence-corrected chi connectivity index (χ0v) is 21.9. The lowest BCUT2D eigenvalue weighted by atomic mass is 9.83. The molecule has 0 saturated heterocycles. The maximum atomic E-state index is 12.7. The number of rotatable bonds is 10. The highest BCUT2D eigenvalue weighted by molar-refractivity contribution is 5.91. The zero-order chi connectivity index (χ0) is 27.1. The number of carbonyl (C=O) groups excluding carboxylic acids is 1. The monoisotopic (exact) mass is 512 g/mol. The average molecular weight is 513 g/mol. The normalized spacial score (nSPS) is 14.3. The highest BCUT2D eigenvalue weighted by Gasteiger charge is 2.31. The second-order valence-electron chi connectivity index (χ2n) is 9.33. The van der Waals surface area contributed by atoms with Crippen LogP contribution in [0.25, 0.3) is 0 Å². The average Bonchev–Trinajstić information content (AvgIpc) is 2.90. The fourth-order valence-electron chi connectivity index (χ4n) is 4.25. The van der Waals surface area contributed by atoms with Crippen LogP contribution in [0.3, 0.4) is 0 Å². The van der Waals surface area contributed by atoms with E-state index in [-0.39, 0.29) is 12.0 Å². The molecule has 1 unspecified atom stereocenters. The number of esters is 1. The van der Waals surface area contributed by atoms with E-state index in [0.29, 0.717) is 35.0 Å². The van der Waals surface area contributed by atoms with E-state index >= 15 is 0 Å². The van der Waals surface area contributed by atoms with E-state index in [4.69, 9.17) is 24.7 Å². The zero-order valence-electron chi connectivity index (χ0n) is 21.9. The molecule has 38 heavy (non-hydrogen) atoms. The summed E-state index contributed by atoms with van der Waals surface area (Å²) in [5.74, 6) is 1.28. The van der Waals surface area contributed by atoms with E-state index in [2.05, 4.69) is 13.0 Å². The predicted octanol–water partition coefficient (Wildman–Crippen LogP) is 6.48. The minimum atomic E-state index is -0.510. The molecule has 1 heterocycles. The van der Waals surface area contributed by atoms with Gasteiger partial charge in [-0.2, -0.15) is 5.26 Å². The number of hydrogen-bond donors (Lipinski definition) is 1. The first-order valence-electron chi connectivity index (χ1n) is 12.8. The molecule has 1 aliphatic rings. The Kier molecular flexibility index (Phi) is 8.55. The number of carbonyl (C=O) groups is 1. The molecular weight excluding hydrogens is 480 g/mol. The number of ether oxygens (including phenoxy) is 4. The lowest BCUT2D eigenvalue weighted by molar-refractivity contribution is 0.0734. The highest BCUT2D eigenvalue weighted by atomic mass is 16.5. The summed E-state index contributed by atoms with van der Waals surface area (Å²) in [6.07, 6.45) is 3.31. The maximum Gasteiger partial charge on any atom is 0.343 e. The van der Waals surface area contributed by atoms with E-state index in [1.807, 2.05) is 38.1 Å². The maximum absolute atomic E-state index is 12.7. The summed E-state index contributed by atoms with van der Waals surface area (Å²) in [5, 5.41) is 9.84. The summed E-state index contributed by atoms with van der Waals surface area (Å²) in [6.45, 7) is 6.69. The van der Waals surface area contributed by atoms with E-state index in [1.165, 1.54) is 0 Å². The molecule has 1 atom stereocenters. The molecule has 0 saturated carbocycles. The Balaban J connectivity index is 1.53. The molecule has 0 aromatic heterocycles. The van der Waals surface area contributed by atoms with E-state index in [9.17, 15) is 10.1 Å². The van der Waals surface area contributed by atoms with Crippen LogP contribution in [-0.2, 0) is 0 Å². The molecule has 4 rings (SSSR count). The van der Waals surface area contributed by atoms with Crippen LogP contribution in [-0.4, -0.2) is 18.7 Å². The lowest BCUT2D eigenvalue weighted by Crippen LogP contribution is -2.21. The number of nitrogens with two attached hydrogens (primary N) is 1. The van der Waals surface area contributed by atoms with Crippen LogP contribution >= 0.6 is 0 Å². The highest BCUT2D eigenvalue weighted by Crippen LogP contribution is 2.43. The van der Waals surface area contributed by atoms with E-state index in [0.717, 1.165) is 36.1 Å². The van der Waals surface area contributed by atoms with Crippen molar-refractivity contribution < 1.29 is 23.7 Å². The SMILES string of the molecule is CCCCCOc1ccc(C2C(C#N)=C(N)Oc3cc(OC(=O)c4ccc(OC(C)C)cc4)ccc32)cc1. The van der Waals surface area contributed by atoms with E-state index < -0.39 is 11.9 Å². The molecule has 0 amide bonds. The number of nitriles is 1. The quantitative estimate of drug-likeness (QED) is 0.188. The van der Waals surface area contributed by atoms with Crippen LogP contribution in [0.2, 0.25) is 0 Å². The summed E-state index contributed by atoms with van der Waals surface area (Å²) in [5.41, 5.74) is 8.48. The van der Waals surface area contributed by atoms with Crippen LogP contribution < -0.4 is 24.7 Å². The molecule has 7 heteroatoms. The molecule has 0 aliphatic carbocycles. The molecule has 0 spiro atoms. The van der Waals surface area contributed by atoms with Crippen LogP contribution in [0.15, 0.2) is 78.2 Å². The smallest absolute Gasteiger partial charge is 0.343 e. The Bertz CT molecular complexity index is 1340. The molecule has 7 nitrogen and oxygen atoms in total. The van der Waals surface area contributed by atoms with Crippen molar-refractivity contribution in [2.45, 2.75) is 52.1 Å². The van der Waals surface area contributed by atoms with Crippen molar-refractivity contribution >= 4 is 5.97 Å². The van der Waals surface area contributed by atoms with Gasteiger partial charge in [0.2, 0.25) is 5.88 Å². The van der Waals surface area contributed by atoms with Crippen LogP contribution in [0, 0.1) is 11.3 Å². The van der Waals surface area contributed by atoms with Gasteiger partial charge < -0.3 is 24.7 Å². The molecule has 2 N–H and O–H groups in total. The summed E-state index contributed by atoms with van der Waals surface area (Å²) >= 11 is 0. The topological polar surface area (TPSA) is 104 Å². The predicted molar refractivity (Wildman–Crippen MR) is 144 cm³/mol. The van der Waals surface area contributed by atoms with Gasteiger partial charge in [0, 0.05) is 11.6 Å². The van der Waals surface area contributed by atoms with Gasteiger partial charge in [0.05, 0.1) is 24.2 Å². The summed E-state index contributed by atoms with van der Waals surface area (Å²) in [6, 6.07) is 21.7. The van der Waals surface area contributed by atoms with Crippen LogP contribution in [0.4, 0.5) is 0 Å². The molecular formula is C31H32N2O5. The van der Waals surface area contributed by atoms with E-state index in [1.54, 1.807) is 42.5 Å². The number of unbranched alkanes of at least 4 members (excludes halogenated alkanes) is 2. The lowest BCUT2D eigenvalue weighted by Gasteiger charge is -2.26. The molecule has 196 valence electrons. The van der Waals surface area contributed by atoms with Crippen molar-refractivity contribution in [3.8, 4) is 29.1 Å². The summed E-state index contributed by atoms with van der Waals surface area (Å²) < 4.78 is 22.8. The Morgan fingerprint density at radius 3 is 2.34 bits per heavy atom. The molecule has 0 radical (unpaired) electrons. The number of hydrogen-bond acceptors (Lipinski definition) is 7. The second kappa shape index (κ2) is 12.2. The van der Waals surface area contributed by atoms with Crippen molar-refractivity contribution in [1.82, 2.24) is 0 Å². The Morgan fingerprint density at radius 2 is 1.68 bits per heavy atom. The first-order chi connectivity index (χ1) is 18.4. The molecule has 0 bridgehead atoms. The fraction of sp³-hybridized carbons (Fsp3) is 0.290. The molecule has 0 fully saturated rings. The van der Waals surface area contributed by atoms with Gasteiger partial charge in [-0.3, -0.25) is 0 Å². The van der Waals surface area contributed by atoms with Crippen molar-refractivity contribution in [1.29, 1.82) is 5.26 Å². The molecule has 3 aromatic carbocycles. The van der Waals surface area contributed by atoms with Gasteiger partial charge in [-0.25, -0.2) is 4.79 Å². The van der Waals surface area contributed by atoms with Crippen LogP contribution in [0.5, 0.6) is 23.0 Å². The fourth-order valence-corrected chi connectivity index (χ4v) is 4.25. The first kappa shape index (κ1) is 26.6. The van der Waals surface area contributed by atoms with Crippen molar-refractivity contribution in [2.75, 3.05) is 6.61 Å². The van der Waals surface area contributed by atoms with Gasteiger partial charge >= 0.3 is 5.97 Å². The number of benzene rings is 3. The minimum Gasteiger partial charge on any atom is -0.494 e.